The van der Waals surface area contributed by atoms with Gasteiger partial charge in [0.1, 0.15) is 6.54 Å². The van der Waals surface area contributed by atoms with E-state index in [4.69, 9.17) is 10.8 Å². The molecule has 5 nitrogen and oxygen atoms in total. The summed E-state index contributed by atoms with van der Waals surface area (Å²) in [5, 5.41) is 8.99. The van der Waals surface area contributed by atoms with Gasteiger partial charge in [0, 0.05) is 5.69 Å². The van der Waals surface area contributed by atoms with E-state index in [2.05, 4.69) is 0 Å². The number of benzene rings is 1. The fourth-order valence-electron chi connectivity index (χ4n) is 2.41. The first-order chi connectivity index (χ1) is 9.09. The molecule has 0 fully saturated rings. The molecule has 2 rings (SSSR count). The van der Waals surface area contributed by atoms with Gasteiger partial charge in [-0.1, -0.05) is 24.6 Å². The second kappa shape index (κ2) is 7.78. The Kier molecular flexibility index (Phi) is 6.68. The zero-order valence-corrected chi connectivity index (χ0v) is 13.7. The summed E-state index contributed by atoms with van der Waals surface area (Å²) >= 11 is 0. The molecule has 0 aromatic heterocycles. The molecule has 1 aromatic rings. The van der Waals surface area contributed by atoms with Crippen LogP contribution in [-0.2, 0) is 16.0 Å². The number of carboxylic acids is 1. The van der Waals surface area contributed by atoms with Gasteiger partial charge in [-0.15, -0.1) is 0 Å². The Bertz CT molecular complexity index is 499. The predicted octanol–water partition coefficient (Wildman–Crippen LogP) is -1.73. The summed E-state index contributed by atoms with van der Waals surface area (Å²) in [5.41, 5.74) is 7.54. The van der Waals surface area contributed by atoms with Crippen molar-refractivity contribution < 1.29 is 45.7 Å². The number of aliphatic carboxylic acids is 1. The molecule has 104 valence electrons. The van der Waals surface area contributed by atoms with Gasteiger partial charge in [-0.3, -0.25) is 14.5 Å². The summed E-state index contributed by atoms with van der Waals surface area (Å²) in [5.74, 6) is -1.34. The molecule has 1 atom stereocenters. The first-order valence-electron chi connectivity index (χ1n) is 6.46. The number of aryl methyl sites for hydroxylation is 1. The Morgan fingerprint density at radius 1 is 1.40 bits per heavy atom. The molecule has 1 aliphatic heterocycles. The van der Waals surface area contributed by atoms with Crippen molar-refractivity contribution in [2.24, 2.45) is 5.73 Å². The Morgan fingerprint density at radius 3 is 2.80 bits per heavy atom. The van der Waals surface area contributed by atoms with E-state index in [0.29, 0.717) is 12.1 Å². The molecular formula is C14H19N2NaO3. The molecule has 3 N–H and O–H groups in total. The third kappa shape index (κ3) is 4.06. The molecule has 0 saturated carbocycles. The predicted molar refractivity (Wildman–Crippen MR) is 73.1 cm³/mol. The van der Waals surface area contributed by atoms with Crippen LogP contribution in [0.3, 0.4) is 0 Å². The van der Waals surface area contributed by atoms with Crippen LogP contribution < -0.4 is 40.2 Å². The maximum absolute atomic E-state index is 12.3. The van der Waals surface area contributed by atoms with E-state index in [1.807, 2.05) is 18.2 Å². The average Bonchev–Trinajstić information content (AvgIpc) is 2.44. The van der Waals surface area contributed by atoms with Crippen molar-refractivity contribution in [3.8, 4) is 0 Å². The van der Waals surface area contributed by atoms with E-state index in [-0.39, 0.29) is 43.4 Å². The molecule has 1 amide bonds. The van der Waals surface area contributed by atoms with Crippen LogP contribution in [0.2, 0.25) is 0 Å². The minimum atomic E-state index is -1.03. The van der Waals surface area contributed by atoms with Gasteiger partial charge in [0.15, 0.2) is 0 Å². The second-order valence-corrected chi connectivity index (χ2v) is 4.80. The zero-order chi connectivity index (χ0) is 13.8. The van der Waals surface area contributed by atoms with E-state index in [1.165, 1.54) is 4.90 Å². The maximum Gasteiger partial charge on any atom is 1.00 e. The molecular weight excluding hydrogens is 267 g/mol. The molecule has 6 heteroatoms. The van der Waals surface area contributed by atoms with Gasteiger partial charge in [0.05, 0.1) is 6.04 Å². The summed E-state index contributed by atoms with van der Waals surface area (Å²) in [7, 11) is 0. The number of amides is 1. The summed E-state index contributed by atoms with van der Waals surface area (Å²) in [4.78, 5) is 24.6. The van der Waals surface area contributed by atoms with E-state index < -0.39 is 12.0 Å². The topological polar surface area (TPSA) is 83.6 Å². The molecule has 1 heterocycles. The number of hydrogen-bond acceptors (Lipinski definition) is 3. The third-order valence-electron chi connectivity index (χ3n) is 3.37. The number of anilines is 1. The van der Waals surface area contributed by atoms with Crippen LogP contribution in [0.5, 0.6) is 0 Å². The van der Waals surface area contributed by atoms with Crippen molar-refractivity contribution in [3.63, 3.8) is 0 Å². The van der Waals surface area contributed by atoms with Crippen molar-refractivity contribution in [1.29, 1.82) is 0 Å². The fourth-order valence-corrected chi connectivity index (χ4v) is 2.41. The van der Waals surface area contributed by atoms with Gasteiger partial charge >= 0.3 is 35.5 Å². The second-order valence-electron chi connectivity index (χ2n) is 4.80. The van der Waals surface area contributed by atoms with Crippen LogP contribution in [0, 0.1) is 0 Å². The van der Waals surface area contributed by atoms with Crippen molar-refractivity contribution in [3.05, 3.63) is 29.8 Å². The van der Waals surface area contributed by atoms with Crippen LogP contribution >= 0.6 is 0 Å². The van der Waals surface area contributed by atoms with Gasteiger partial charge in [-0.25, -0.2) is 0 Å². The molecule has 0 radical (unpaired) electrons. The Labute approximate surface area is 141 Å². The van der Waals surface area contributed by atoms with Gasteiger partial charge in [0.25, 0.3) is 0 Å². The smallest absolute Gasteiger partial charge is 1.00 e. The van der Waals surface area contributed by atoms with Crippen LogP contribution in [0.1, 0.15) is 26.3 Å². The van der Waals surface area contributed by atoms with Gasteiger partial charge in [-0.05, 0) is 30.9 Å². The van der Waals surface area contributed by atoms with E-state index in [9.17, 15) is 9.59 Å². The zero-order valence-electron chi connectivity index (χ0n) is 12.7. The molecule has 1 aliphatic rings. The van der Waals surface area contributed by atoms with Crippen LogP contribution in [0.15, 0.2) is 24.3 Å². The van der Waals surface area contributed by atoms with Gasteiger partial charge < -0.3 is 12.3 Å². The number of rotatable bonds is 2. The minimum absolute atomic E-state index is 0. The fraction of sp³-hybridized carbons (Fsp3) is 0.429. The summed E-state index contributed by atoms with van der Waals surface area (Å²) in [6.07, 6.45) is 3.27. The quantitative estimate of drug-likeness (QED) is 0.633. The normalized spacial score (nSPS) is 19.1. The van der Waals surface area contributed by atoms with Crippen LogP contribution in [-0.4, -0.2) is 29.6 Å². The van der Waals surface area contributed by atoms with Crippen molar-refractivity contribution in [1.82, 2.24) is 0 Å². The number of nitrogens with two attached hydrogens (primary N) is 1. The standard InChI is InChI=1S/C14H18N2O3.Na.H/c15-11-7-3-1-5-10-6-2-4-8-12(10)16(14(11)19)9-13(17)18;;/h2,4,6,8,11H,1,3,5,7,9,15H2,(H,17,18);;/q;+1;-1. The number of hydrogen-bond donors (Lipinski definition) is 2. The summed E-state index contributed by atoms with van der Waals surface area (Å²) < 4.78 is 0. The number of nitrogens with zero attached hydrogens (tertiary/aromatic N) is 1. The largest absolute Gasteiger partial charge is 1.00 e. The number of carbonyl (C=O) groups excluding carboxylic acids is 1. The van der Waals surface area contributed by atoms with Crippen molar-refractivity contribution in [2.45, 2.75) is 31.7 Å². The Morgan fingerprint density at radius 2 is 2.10 bits per heavy atom. The third-order valence-corrected chi connectivity index (χ3v) is 3.37. The summed E-state index contributed by atoms with van der Waals surface area (Å²) in [6, 6.07) is 6.82. The Hall–Kier alpha value is -0.880. The molecule has 1 unspecified atom stereocenters. The van der Waals surface area contributed by atoms with E-state index >= 15 is 0 Å². The van der Waals surface area contributed by atoms with Gasteiger partial charge in [0.2, 0.25) is 5.91 Å². The molecule has 0 bridgehead atoms. The number of para-hydroxylation sites is 1. The van der Waals surface area contributed by atoms with Crippen molar-refractivity contribution >= 4 is 17.6 Å². The number of fused-ring (bicyclic) bond motifs is 1. The number of carbonyl (C=O) groups is 2. The first kappa shape index (κ1) is 17.2. The molecule has 0 aliphatic carbocycles. The monoisotopic (exact) mass is 286 g/mol. The first-order valence-corrected chi connectivity index (χ1v) is 6.46. The minimum Gasteiger partial charge on any atom is -1.00 e. The average molecular weight is 286 g/mol. The van der Waals surface area contributed by atoms with Crippen LogP contribution in [0.4, 0.5) is 5.69 Å². The SMILES string of the molecule is NC1CCCCc2ccccc2N(CC(=O)O)C1=O.[H-].[Na+]. The molecule has 1 aromatic carbocycles. The molecule has 20 heavy (non-hydrogen) atoms. The van der Waals surface area contributed by atoms with E-state index in [1.54, 1.807) is 6.07 Å². The van der Waals surface area contributed by atoms with E-state index in [0.717, 1.165) is 24.8 Å². The maximum atomic E-state index is 12.3. The number of carboxylic acid groups (broad SMARTS) is 1. The Balaban J connectivity index is 0.00000200. The molecule has 0 saturated heterocycles. The van der Waals surface area contributed by atoms with Crippen molar-refractivity contribution in [2.75, 3.05) is 11.4 Å². The van der Waals surface area contributed by atoms with Crippen LogP contribution in [0.25, 0.3) is 0 Å². The molecule has 0 spiro atoms. The van der Waals surface area contributed by atoms with Gasteiger partial charge in [-0.2, -0.15) is 0 Å². The summed E-state index contributed by atoms with van der Waals surface area (Å²) in [6.45, 7) is -0.344.